The van der Waals surface area contributed by atoms with E-state index in [2.05, 4.69) is 31.0 Å². The summed E-state index contributed by atoms with van der Waals surface area (Å²) in [6, 6.07) is -0.0653. The van der Waals surface area contributed by atoms with Crippen LogP contribution in [-0.4, -0.2) is 41.9 Å². The SMILES string of the molecule is CC(C)(C)NC(CN1CCCCCCC1)C(=O)C(C)(C)C. The number of hydrogen-bond acceptors (Lipinski definition) is 3. The highest BCUT2D eigenvalue weighted by atomic mass is 16.1. The van der Waals surface area contributed by atoms with E-state index in [9.17, 15) is 4.79 Å². The van der Waals surface area contributed by atoms with E-state index in [-0.39, 0.29) is 17.0 Å². The molecule has 0 spiro atoms. The third-order valence-electron chi connectivity index (χ3n) is 4.05. The first kappa shape index (κ1) is 18.6. The first-order valence-electron chi connectivity index (χ1n) is 8.64. The van der Waals surface area contributed by atoms with Gasteiger partial charge in [0, 0.05) is 17.5 Å². The van der Waals surface area contributed by atoms with E-state index in [1.165, 1.54) is 32.1 Å². The second-order valence-corrected chi connectivity index (χ2v) is 8.63. The lowest BCUT2D eigenvalue weighted by atomic mass is 9.85. The quantitative estimate of drug-likeness (QED) is 0.860. The average molecular weight is 296 g/mol. The van der Waals surface area contributed by atoms with Crippen LogP contribution in [0.25, 0.3) is 0 Å². The van der Waals surface area contributed by atoms with Crippen molar-refractivity contribution in [3.8, 4) is 0 Å². The van der Waals surface area contributed by atoms with Crippen LogP contribution in [0.15, 0.2) is 0 Å². The Morgan fingerprint density at radius 2 is 1.43 bits per heavy atom. The fourth-order valence-electron chi connectivity index (χ4n) is 2.99. The molecule has 1 aliphatic heterocycles. The summed E-state index contributed by atoms with van der Waals surface area (Å²) in [4.78, 5) is 15.3. The van der Waals surface area contributed by atoms with Gasteiger partial charge in [0.1, 0.15) is 0 Å². The first-order valence-corrected chi connectivity index (χ1v) is 8.64. The summed E-state index contributed by atoms with van der Waals surface area (Å²) in [5.41, 5.74) is -0.319. The normalized spacial score (nSPS) is 20.7. The number of rotatable bonds is 4. The van der Waals surface area contributed by atoms with Crippen LogP contribution < -0.4 is 5.32 Å². The molecule has 21 heavy (non-hydrogen) atoms. The topological polar surface area (TPSA) is 32.3 Å². The molecule has 3 heteroatoms. The second kappa shape index (κ2) is 7.73. The maximum Gasteiger partial charge on any atom is 0.156 e. The van der Waals surface area contributed by atoms with Gasteiger partial charge >= 0.3 is 0 Å². The number of Topliss-reactive ketones (excluding diaryl/α,β-unsaturated/α-hetero) is 1. The summed E-state index contributed by atoms with van der Waals surface area (Å²) in [6.07, 6.45) is 6.58. The number of hydrogen-bond donors (Lipinski definition) is 1. The summed E-state index contributed by atoms with van der Waals surface area (Å²) in [5, 5.41) is 3.55. The Hall–Kier alpha value is -0.410. The van der Waals surface area contributed by atoms with Crippen molar-refractivity contribution >= 4 is 5.78 Å². The number of carbonyl (C=O) groups is 1. The number of ketones is 1. The molecule has 1 aliphatic rings. The fraction of sp³-hybridized carbons (Fsp3) is 0.944. The Morgan fingerprint density at radius 1 is 0.952 bits per heavy atom. The van der Waals surface area contributed by atoms with Gasteiger partial charge < -0.3 is 10.2 Å². The van der Waals surface area contributed by atoms with Gasteiger partial charge in [-0.05, 0) is 46.7 Å². The van der Waals surface area contributed by atoms with Gasteiger partial charge in [-0.2, -0.15) is 0 Å². The van der Waals surface area contributed by atoms with Gasteiger partial charge in [-0.3, -0.25) is 4.79 Å². The van der Waals surface area contributed by atoms with Crippen LogP contribution >= 0.6 is 0 Å². The maximum absolute atomic E-state index is 12.8. The Bertz CT molecular complexity index is 317. The van der Waals surface area contributed by atoms with Gasteiger partial charge in [-0.1, -0.05) is 40.0 Å². The molecule has 3 nitrogen and oxygen atoms in total. The molecule has 1 atom stereocenters. The Kier molecular flexibility index (Phi) is 6.86. The number of likely N-dealkylation sites (tertiary alicyclic amines) is 1. The van der Waals surface area contributed by atoms with Crippen LogP contribution in [-0.2, 0) is 4.79 Å². The Balaban J connectivity index is 2.73. The smallest absolute Gasteiger partial charge is 0.156 e. The van der Waals surface area contributed by atoms with Gasteiger partial charge in [0.2, 0.25) is 0 Å². The van der Waals surface area contributed by atoms with Crippen molar-refractivity contribution in [1.29, 1.82) is 0 Å². The minimum absolute atomic E-state index is 0.0334. The second-order valence-electron chi connectivity index (χ2n) is 8.63. The molecule has 1 saturated heterocycles. The van der Waals surface area contributed by atoms with Crippen molar-refractivity contribution in [2.24, 2.45) is 5.41 Å². The molecule has 0 amide bonds. The minimum Gasteiger partial charge on any atom is -0.302 e. The zero-order valence-corrected chi connectivity index (χ0v) is 15.1. The Morgan fingerprint density at radius 3 is 1.86 bits per heavy atom. The molecule has 1 N–H and O–H groups in total. The van der Waals surface area contributed by atoms with Crippen LogP contribution in [0.1, 0.15) is 73.6 Å². The largest absolute Gasteiger partial charge is 0.302 e. The molecule has 0 aromatic heterocycles. The van der Waals surface area contributed by atoms with Gasteiger partial charge in [-0.25, -0.2) is 0 Å². The monoisotopic (exact) mass is 296 g/mol. The summed E-state index contributed by atoms with van der Waals surface area (Å²) in [7, 11) is 0. The molecule has 0 aliphatic carbocycles. The van der Waals surface area contributed by atoms with Crippen molar-refractivity contribution in [2.45, 2.75) is 85.2 Å². The van der Waals surface area contributed by atoms with E-state index in [0.717, 1.165) is 19.6 Å². The summed E-state index contributed by atoms with van der Waals surface area (Å²) in [5.74, 6) is 0.333. The first-order chi connectivity index (χ1) is 9.59. The molecular formula is C18H36N2O. The highest BCUT2D eigenvalue weighted by molar-refractivity contribution is 5.89. The summed E-state index contributed by atoms with van der Waals surface area (Å²) < 4.78 is 0. The predicted octanol–water partition coefficient (Wildman–Crippen LogP) is 3.62. The predicted molar refractivity (Wildman–Crippen MR) is 90.7 cm³/mol. The van der Waals surface area contributed by atoms with Crippen LogP contribution in [0, 0.1) is 5.41 Å². The van der Waals surface area contributed by atoms with Crippen molar-refractivity contribution in [3.63, 3.8) is 0 Å². The number of carbonyl (C=O) groups excluding carboxylic acids is 1. The zero-order chi connectivity index (χ0) is 16.1. The summed E-state index contributed by atoms with van der Waals surface area (Å²) >= 11 is 0. The van der Waals surface area contributed by atoms with E-state index in [4.69, 9.17) is 0 Å². The fourth-order valence-corrected chi connectivity index (χ4v) is 2.99. The Labute approximate surface area is 131 Å². The molecule has 0 aromatic carbocycles. The van der Waals surface area contributed by atoms with Crippen LogP contribution in [0.5, 0.6) is 0 Å². The minimum atomic E-state index is -0.286. The van der Waals surface area contributed by atoms with E-state index in [0.29, 0.717) is 5.78 Å². The molecule has 1 heterocycles. The third kappa shape index (κ3) is 7.42. The third-order valence-corrected chi connectivity index (χ3v) is 4.05. The van der Waals surface area contributed by atoms with Gasteiger partial charge in [0.15, 0.2) is 5.78 Å². The van der Waals surface area contributed by atoms with Crippen LogP contribution in [0.3, 0.4) is 0 Å². The average Bonchev–Trinajstić information content (AvgIpc) is 2.27. The summed E-state index contributed by atoms with van der Waals surface area (Å²) in [6.45, 7) is 15.6. The lowest BCUT2D eigenvalue weighted by molar-refractivity contribution is -0.129. The van der Waals surface area contributed by atoms with E-state index in [1.807, 2.05) is 20.8 Å². The molecule has 0 bridgehead atoms. The molecular weight excluding hydrogens is 260 g/mol. The zero-order valence-electron chi connectivity index (χ0n) is 15.1. The van der Waals surface area contributed by atoms with Crippen LogP contribution in [0.4, 0.5) is 0 Å². The van der Waals surface area contributed by atoms with Crippen LogP contribution in [0.2, 0.25) is 0 Å². The van der Waals surface area contributed by atoms with Crippen molar-refractivity contribution in [3.05, 3.63) is 0 Å². The van der Waals surface area contributed by atoms with Gasteiger partial charge in [0.25, 0.3) is 0 Å². The van der Waals surface area contributed by atoms with Crippen molar-refractivity contribution in [1.82, 2.24) is 10.2 Å². The molecule has 124 valence electrons. The molecule has 0 aromatic rings. The standard InChI is InChI=1S/C18H36N2O/c1-17(2,3)16(21)15(19-18(4,5)6)14-20-12-10-8-7-9-11-13-20/h15,19H,7-14H2,1-6H3. The molecule has 1 unspecified atom stereocenters. The lowest BCUT2D eigenvalue weighted by Crippen LogP contribution is -2.55. The van der Waals surface area contributed by atoms with Gasteiger partial charge in [-0.15, -0.1) is 0 Å². The molecule has 1 rings (SSSR count). The van der Waals surface area contributed by atoms with Crippen molar-refractivity contribution < 1.29 is 4.79 Å². The highest BCUT2D eigenvalue weighted by Gasteiger charge is 2.33. The molecule has 0 saturated carbocycles. The molecule has 1 fully saturated rings. The van der Waals surface area contributed by atoms with Crippen molar-refractivity contribution in [2.75, 3.05) is 19.6 Å². The van der Waals surface area contributed by atoms with Gasteiger partial charge in [0.05, 0.1) is 6.04 Å². The number of nitrogens with one attached hydrogen (secondary N) is 1. The van der Waals surface area contributed by atoms with E-state index < -0.39 is 0 Å². The maximum atomic E-state index is 12.8. The highest BCUT2D eigenvalue weighted by Crippen LogP contribution is 2.20. The van der Waals surface area contributed by atoms with E-state index in [1.54, 1.807) is 0 Å². The van der Waals surface area contributed by atoms with E-state index >= 15 is 0 Å². The lowest BCUT2D eigenvalue weighted by Gasteiger charge is -2.35. The molecule has 0 radical (unpaired) electrons. The number of nitrogens with zero attached hydrogens (tertiary/aromatic N) is 1.